The molecule has 1 N–H and O–H groups in total. The van der Waals surface area contributed by atoms with E-state index in [0.29, 0.717) is 0 Å². The molecule has 2 aromatic rings. The first-order valence-corrected chi connectivity index (χ1v) is 5.48. The lowest BCUT2D eigenvalue weighted by Crippen LogP contribution is -2.05. The van der Waals surface area contributed by atoms with Gasteiger partial charge < -0.3 is 9.84 Å². The minimum absolute atomic E-state index is 0.0422. The molecule has 2 rings (SSSR count). The number of carboxylic acids is 1. The molecule has 1 aromatic heterocycles. The summed E-state index contributed by atoms with van der Waals surface area (Å²) in [6, 6.07) is 5.92. The van der Waals surface area contributed by atoms with Gasteiger partial charge in [-0.05, 0) is 6.07 Å². The highest BCUT2D eigenvalue weighted by Gasteiger charge is 2.14. The Hall–Kier alpha value is -3.03. The first kappa shape index (κ1) is 13.4. The lowest BCUT2D eigenvalue weighted by Gasteiger charge is -2.05. The molecular weight excluding hydrogens is 266 g/mol. The second-order valence-corrected chi connectivity index (χ2v) is 3.71. The summed E-state index contributed by atoms with van der Waals surface area (Å²) in [5, 5.41) is 19.5. The summed E-state index contributed by atoms with van der Waals surface area (Å²) in [5.74, 6) is -0.798. The van der Waals surface area contributed by atoms with Gasteiger partial charge in [0.2, 0.25) is 0 Å². The summed E-state index contributed by atoms with van der Waals surface area (Å²) in [6.07, 6.45) is 2.29. The highest BCUT2D eigenvalue weighted by Crippen LogP contribution is 2.26. The van der Waals surface area contributed by atoms with Crippen LogP contribution in [0.2, 0.25) is 0 Å². The minimum Gasteiger partial charge on any atom is -0.479 e. The Morgan fingerprint density at radius 3 is 2.55 bits per heavy atom. The van der Waals surface area contributed by atoms with Crippen LogP contribution in [-0.2, 0) is 6.61 Å². The van der Waals surface area contributed by atoms with Crippen molar-refractivity contribution in [3.05, 3.63) is 58.2 Å². The van der Waals surface area contributed by atoms with Gasteiger partial charge in [0.25, 0.3) is 0 Å². The van der Waals surface area contributed by atoms with Crippen LogP contribution in [0.4, 0.5) is 5.69 Å². The fraction of sp³-hybridized carbons (Fsp3) is 0.0833. The third kappa shape index (κ3) is 3.05. The average Bonchev–Trinajstić information content (AvgIpc) is 2.45. The summed E-state index contributed by atoms with van der Waals surface area (Å²) < 4.78 is 5.27. The quantitative estimate of drug-likeness (QED) is 0.651. The van der Waals surface area contributed by atoms with Crippen LogP contribution < -0.4 is 4.74 Å². The number of benzene rings is 1. The normalized spacial score (nSPS) is 10.0. The first-order chi connectivity index (χ1) is 9.58. The van der Waals surface area contributed by atoms with E-state index >= 15 is 0 Å². The monoisotopic (exact) mass is 275 g/mol. The Morgan fingerprint density at radius 2 is 1.95 bits per heavy atom. The molecule has 8 nitrogen and oxygen atoms in total. The van der Waals surface area contributed by atoms with E-state index in [-0.39, 0.29) is 29.4 Å². The number of nitrogens with zero attached hydrogens (tertiary/aromatic N) is 3. The number of aromatic carboxylic acids is 1. The smallest absolute Gasteiger partial charge is 0.338 e. The van der Waals surface area contributed by atoms with Gasteiger partial charge in [-0.2, -0.15) is 0 Å². The van der Waals surface area contributed by atoms with Crippen LogP contribution in [-0.4, -0.2) is 26.0 Å². The predicted molar refractivity (Wildman–Crippen MR) is 66.4 cm³/mol. The van der Waals surface area contributed by atoms with Crippen molar-refractivity contribution in [2.75, 3.05) is 0 Å². The van der Waals surface area contributed by atoms with Gasteiger partial charge in [0, 0.05) is 18.5 Å². The molecule has 1 heterocycles. The molecule has 0 atom stereocenters. The summed E-state index contributed by atoms with van der Waals surface area (Å²) in [7, 11) is 0. The van der Waals surface area contributed by atoms with Crippen molar-refractivity contribution < 1.29 is 19.6 Å². The molecule has 0 radical (unpaired) electrons. The maximum Gasteiger partial charge on any atom is 0.338 e. The number of para-hydroxylation sites is 2. The number of nitro benzene ring substituents is 1. The number of carbonyl (C=O) groups is 1. The zero-order chi connectivity index (χ0) is 14.5. The zero-order valence-electron chi connectivity index (χ0n) is 10.1. The summed E-state index contributed by atoms with van der Waals surface area (Å²) in [4.78, 5) is 28.5. The number of carboxylic acid groups (broad SMARTS) is 1. The van der Waals surface area contributed by atoms with Gasteiger partial charge in [-0.3, -0.25) is 10.1 Å². The van der Waals surface area contributed by atoms with Crippen molar-refractivity contribution in [2.45, 2.75) is 6.61 Å². The Morgan fingerprint density at radius 1 is 1.30 bits per heavy atom. The topological polar surface area (TPSA) is 115 Å². The van der Waals surface area contributed by atoms with Gasteiger partial charge in [0.05, 0.1) is 10.5 Å². The molecule has 102 valence electrons. The van der Waals surface area contributed by atoms with Gasteiger partial charge in [0.1, 0.15) is 6.61 Å². The molecule has 0 saturated heterocycles. The van der Waals surface area contributed by atoms with Crippen molar-refractivity contribution >= 4 is 11.7 Å². The lowest BCUT2D eigenvalue weighted by atomic mass is 10.3. The van der Waals surface area contributed by atoms with Crippen LogP contribution in [0.5, 0.6) is 5.75 Å². The largest absolute Gasteiger partial charge is 0.479 e. The van der Waals surface area contributed by atoms with Crippen molar-refractivity contribution in [3.8, 4) is 5.75 Å². The van der Waals surface area contributed by atoms with E-state index in [1.165, 1.54) is 18.2 Å². The molecule has 0 spiro atoms. The number of nitro groups is 1. The third-order valence-electron chi connectivity index (χ3n) is 2.37. The van der Waals surface area contributed by atoms with Crippen molar-refractivity contribution in [1.82, 2.24) is 9.97 Å². The van der Waals surface area contributed by atoms with Crippen molar-refractivity contribution in [3.63, 3.8) is 0 Å². The molecule has 0 aliphatic carbocycles. The number of rotatable bonds is 5. The zero-order valence-corrected chi connectivity index (χ0v) is 10.1. The van der Waals surface area contributed by atoms with Crippen molar-refractivity contribution in [1.29, 1.82) is 0 Å². The predicted octanol–water partition coefficient (Wildman–Crippen LogP) is 1.66. The Bertz CT molecular complexity index is 642. The standard InChI is InChI=1S/C12H9N3O5/c16-12(17)8-5-13-11(14-6-8)7-20-10-4-2-1-3-9(10)15(18)19/h1-6H,7H2,(H,16,17). The first-order valence-electron chi connectivity index (χ1n) is 5.48. The summed E-state index contributed by atoms with van der Waals surface area (Å²) in [6.45, 7) is -0.0925. The van der Waals surface area contributed by atoms with E-state index in [4.69, 9.17) is 9.84 Å². The maximum atomic E-state index is 10.8. The molecule has 0 saturated carbocycles. The van der Waals surface area contributed by atoms with E-state index in [0.717, 1.165) is 12.4 Å². The van der Waals surface area contributed by atoms with E-state index in [9.17, 15) is 14.9 Å². The van der Waals surface area contributed by atoms with E-state index in [2.05, 4.69) is 9.97 Å². The van der Waals surface area contributed by atoms with Gasteiger partial charge in [0.15, 0.2) is 11.6 Å². The summed E-state index contributed by atoms with van der Waals surface area (Å²) in [5.41, 5.74) is -0.200. The van der Waals surface area contributed by atoms with E-state index in [1.54, 1.807) is 6.07 Å². The average molecular weight is 275 g/mol. The van der Waals surface area contributed by atoms with Crippen LogP contribution in [0, 0.1) is 10.1 Å². The molecule has 1 aromatic carbocycles. The van der Waals surface area contributed by atoms with E-state index in [1.807, 2.05) is 0 Å². The lowest BCUT2D eigenvalue weighted by molar-refractivity contribution is -0.385. The number of hydrogen-bond donors (Lipinski definition) is 1. The fourth-order valence-electron chi connectivity index (χ4n) is 1.41. The highest BCUT2D eigenvalue weighted by molar-refractivity contribution is 5.86. The third-order valence-corrected chi connectivity index (χ3v) is 2.37. The van der Waals surface area contributed by atoms with Gasteiger partial charge >= 0.3 is 11.7 Å². The second-order valence-electron chi connectivity index (χ2n) is 3.71. The Balaban J connectivity index is 2.09. The number of ether oxygens (including phenoxy) is 1. The van der Waals surface area contributed by atoms with Crippen LogP contribution in [0.25, 0.3) is 0 Å². The van der Waals surface area contributed by atoms with Crippen LogP contribution in [0.15, 0.2) is 36.7 Å². The molecule has 0 fully saturated rings. The van der Waals surface area contributed by atoms with Crippen molar-refractivity contribution in [2.24, 2.45) is 0 Å². The molecule has 0 bridgehead atoms. The van der Waals surface area contributed by atoms with Crippen LogP contribution >= 0.6 is 0 Å². The fourth-order valence-corrected chi connectivity index (χ4v) is 1.41. The SMILES string of the molecule is O=C(O)c1cnc(COc2ccccc2[N+](=O)[O-])nc1. The van der Waals surface area contributed by atoms with Gasteiger partial charge in [-0.15, -0.1) is 0 Å². The molecule has 20 heavy (non-hydrogen) atoms. The second kappa shape index (κ2) is 5.74. The van der Waals surface area contributed by atoms with Gasteiger partial charge in [-0.25, -0.2) is 14.8 Å². The van der Waals surface area contributed by atoms with E-state index < -0.39 is 10.9 Å². The Kier molecular flexibility index (Phi) is 3.85. The van der Waals surface area contributed by atoms with Crippen LogP contribution in [0.1, 0.15) is 16.2 Å². The maximum absolute atomic E-state index is 10.8. The molecule has 0 amide bonds. The number of aromatic nitrogens is 2. The Labute approximate surface area is 112 Å². The molecule has 0 unspecified atom stereocenters. The van der Waals surface area contributed by atoms with Gasteiger partial charge in [-0.1, -0.05) is 12.1 Å². The van der Waals surface area contributed by atoms with Crippen LogP contribution in [0.3, 0.4) is 0 Å². The molecule has 0 aliphatic rings. The molecule has 8 heteroatoms. The highest BCUT2D eigenvalue weighted by atomic mass is 16.6. The number of hydrogen-bond acceptors (Lipinski definition) is 6. The molecular formula is C12H9N3O5. The molecule has 0 aliphatic heterocycles. The summed E-state index contributed by atoms with van der Waals surface area (Å²) >= 11 is 0. The minimum atomic E-state index is -1.13.